The van der Waals surface area contributed by atoms with Crippen LogP contribution >= 0.6 is 11.3 Å². The van der Waals surface area contributed by atoms with Crippen molar-refractivity contribution >= 4 is 17.2 Å². The van der Waals surface area contributed by atoms with Crippen LogP contribution in [-0.2, 0) is 4.79 Å². The summed E-state index contributed by atoms with van der Waals surface area (Å²) < 4.78 is 0. The zero-order valence-electron chi connectivity index (χ0n) is 10.3. The largest absolute Gasteiger partial charge is 0.387 e. The molecule has 96 valence electrons. The van der Waals surface area contributed by atoms with Gasteiger partial charge in [0.25, 0.3) is 0 Å². The minimum absolute atomic E-state index is 0.0307. The van der Waals surface area contributed by atoms with Crippen LogP contribution in [-0.4, -0.2) is 30.1 Å². The van der Waals surface area contributed by atoms with E-state index in [0.29, 0.717) is 6.54 Å². The molecule has 5 heteroatoms. The number of amides is 1. The Morgan fingerprint density at radius 3 is 2.94 bits per heavy atom. The summed E-state index contributed by atoms with van der Waals surface area (Å²) in [5.41, 5.74) is 0.893. The molecule has 0 saturated heterocycles. The molecule has 2 atom stereocenters. The Morgan fingerprint density at radius 1 is 1.59 bits per heavy atom. The first-order valence-electron chi connectivity index (χ1n) is 5.83. The molecule has 1 aromatic rings. The van der Waals surface area contributed by atoms with Gasteiger partial charge in [-0.25, -0.2) is 0 Å². The van der Waals surface area contributed by atoms with Crippen LogP contribution in [0, 0.1) is 0 Å². The van der Waals surface area contributed by atoms with Crippen molar-refractivity contribution in [2.45, 2.75) is 32.4 Å². The molecule has 17 heavy (non-hydrogen) atoms. The lowest BCUT2D eigenvalue weighted by atomic mass is 10.2. The first kappa shape index (κ1) is 14.2. The number of carbonyl (C=O) groups is 1. The summed E-state index contributed by atoms with van der Waals surface area (Å²) >= 11 is 1.55. The predicted molar refractivity (Wildman–Crippen MR) is 70.0 cm³/mol. The fourth-order valence-corrected chi connectivity index (χ4v) is 2.04. The van der Waals surface area contributed by atoms with Gasteiger partial charge >= 0.3 is 0 Å². The maximum Gasteiger partial charge on any atom is 0.234 e. The molecule has 1 amide bonds. The van der Waals surface area contributed by atoms with E-state index in [1.54, 1.807) is 11.3 Å². The number of aliphatic hydroxyl groups excluding tert-OH is 1. The number of rotatable bonds is 7. The van der Waals surface area contributed by atoms with Gasteiger partial charge in [0.15, 0.2) is 0 Å². The number of aliphatic hydroxyl groups is 1. The van der Waals surface area contributed by atoms with Crippen molar-refractivity contribution in [3.8, 4) is 0 Å². The molecule has 2 unspecified atom stereocenters. The average molecular weight is 256 g/mol. The minimum atomic E-state index is -0.544. The number of carbonyl (C=O) groups excluding carboxylic acids is 1. The van der Waals surface area contributed by atoms with Crippen LogP contribution in [0.5, 0.6) is 0 Å². The summed E-state index contributed by atoms with van der Waals surface area (Å²) in [4.78, 5) is 11.4. The Kier molecular flexibility index (Phi) is 6.18. The van der Waals surface area contributed by atoms with Crippen LogP contribution in [0.4, 0.5) is 0 Å². The van der Waals surface area contributed by atoms with E-state index in [0.717, 1.165) is 12.0 Å². The molecule has 4 nitrogen and oxygen atoms in total. The quantitative estimate of drug-likeness (QED) is 0.689. The van der Waals surface area contributed by atoms with Crippen LogP contribution in [0.25, 0.3) is 0 Å². The van der Waals surface area contributed by atoms with Crippen molar-refractivity contribution in [2.75, 3.05) is 13.1 Å². The van der Waals surface area contributed by atoms with Crippen molar-refractivity contribution in [1.29, 1.82) is 0 Å². The number of nitrogens with one attached hydrogen (secondary N) is 2. The lowest BCUT2D eigenvalue weighted by Gasteiger charge is -2.13. The Bertz CT molecular complexity index is 327. The second kappa shape index (κ2) is 7.42. The van der Waals surface area contributed by atoms with Crippen LogP contribution in [0.3, 0.4) is 0 Å². The van der Waals surface area contributed by atoms with Gasteiger partial charge in [-0.1, -0.05) is 6.92 Å². The second-order valence-electron chi connectivity index (χ2n) is 4.08. The third-order valence-corrected chi connectivity index (χ3v) is 3.27. The lowest BCUT2D eigenvalue weighted by molar-refractivity contribution is -0.120. The summed E-state index contributed by atoms with van der Waals surface area (Å²) in [5, 5.41) is 19.4. The highest BCUT2D eigenvalue weighted by atomic mass is 32.1. The highest BCUT2D eigenvalue weighted by molar-refractivity contribution is 7.07. The molecular weight excluding hydrogens is 236 g/mol. The van der Waals surface area contributed by atoms with Crippen molar-refractivity contribution in [1.82, 2.24) is 10.6 Å². The Morgan fingerprint density at radius 2 is 2.35 bits per heavy atom. The molecule has 0 radical (unpaired) electrons. The Balaban J connectivity index is 2.17. The van der Waals surface area contributed by atoms with Gasteiger partial charge in [-0.3, -0.25) is 4.79 Å². The van der Waals surface area contributed by atoms with Gasteiger partial charge < -0.3 is 15.7 Å². The van der Waals surface area contributed by atoms with E-state index in [-0.39, 0.29) is 18.5 Å². The third kappa shape index (κ3) is 5.30. The molecule has 0 aliphatic carbocycles. The van der Waals surface area contributed by atoms with Gasteiger partial charge in [0.05, 0.1) is 12.6 Å². The highest BCUT2D eigenvalue weighted by Gasteiger charge is 2.09. The molecule has 0 fully saturated rings. The molecule has 1 aromatic heterocycles. The van der Waals surface area contributed by atoms with Crippen LogP contribution < -0.4 is 10.6 Å². The van der Waals surface area contributed by atoms with Crippen LogP contribution in [0.2, 0.25) is 0 Å². The average Bonchev–Trinajstić information content (AvgIpc) is 2.82. The number of thiophene rings is 1. The topological polar surface area (TPSA) is 61.4 Å². The molecule has 0 spiro atoms. The Hall–Kier alpha value is -0.910. The molecule has 0 aliphatic rings. The summed E-state index contributed by atoms with van der Waals surface area (Å²) in [6, 6.07) is 2.09. The summed E-state index contributed by atoms with van der Waals surface area (Å²) in [6.07, 6.45) is 0.376. The SMILES string of the molecule is CCC(C)NC(=O)CNCC(O)c1ccsc1. The van der Waals surface area contributed by atoms with E-state index >= 15 is 0 Å². The molecule has 1 rings (SSSR count). The molecule has 0 bridgehead atoms. The minimum Gasteiger partial charge on any atom is -0.387 e. The fraction of sp³-hybridized carbons (Fsp3) is 0.583. The maximum absolute atomic E-state index is 11.4. The van der Waals surface area contributed by atoms with Gasteiger partial charge in [-0.15, -0.1) is 0 Å². The standard InChI is InChI=1S/C12H20N2O2S/c1-3-9(2)14-12(16)7-13-6-11(15)10-4-5-17-8-10/h4-5,8-9,11,13,15H,3,6-7H2,1-2H3,(H,14,16). The zero-order valence-corrected chi connectivity index (χ0v) is 11.1. The fourth-order valence-electron chi connectivity index (χ4n) is 1.33. The van der Waals surface area contributed by atoms with Crippen molar-refractivity contribution < 1.29 is 9.90 Å². The van der Waals surface area contributed by atoms with Crippen molar-refractivity contribution in [3.05, 3.63) is 22.4 Å². The first-order chi connectivity index (χ1) is 8.13. The summed E-state index contributed by atoms with van der Waals surface area (Å²) in [5.74, 6) is -0.0307. The van der Waals surface area contributed by atoms with Gasteiger partial charge in [0, 0.05) is 12.6 Å². The van der Waals surface area contributed by atoms with E-state index in [4.69, 9.17) is 0 Å². The molecule has 1 heterocycles. The van der Waals surface area contributed by atoms with E-state index < -0.39 is 6.10 Å². The lowest BCUT2D eigenvalue weighted by Crippen LogP contribution is -2.39. The predicted octanol–water partition coefficient (Wildman–Crippen LogP) is 1.29. The molecule has 0 aliphatic heterocycles. The molecule has 0 aromatic carbocycles. The number of hydrogen-bond acceptors (Lipinski definition) is 4. The van der Waals surface area contributed by atoms with E-state index in [9.17, 15) is 9.90 Å². The first-order valence-corrected chi connectivity index (χ1v) is 6.78. The van der Waals surface area contributed by atoms with Gasteiger partial charge in [0.2, 0.25) is 5.91 Å². The second-order valence-corrected chi connectivity index (χ2v) is 4.86. The van der Waals surface area contributed by atoms with Crippen LogP contribution in [0.15, 0.2) is 16.8 Å². The van der Waals surface area contributed by atoms with E-state index in [1.807, 2.05) is 30.7 Å². The monoisotopic (exact) mass is 256 g/mol. The highest BCUT2D eigenvalue weighted by Crippen LogP contribution is 2.14. The molecule has 3 N–H and O–H groups in total. The summed E-state index contributed by atoms with van der Waals surface area (Å²) in [6.45, 7) is 4.63. The van der Waals surface area contributed by atoms with Gasteiger partial charge in [0.1, 0.15) is 0 Å². The zero-order chi connectivity index (χ0) is 12.7. The summed E-state index contributed by atoms with van der Waals surface area (Å²) in [7, 11) is 0. The smallest absolute Gasteiger partial charge is 0.234 e. The van der Waals surface area contributed by atoms with Crippen molar-refractivity contribution in [3.63, 3.8) is 0 Å². The normalized spacial score (nSPS) is 14.3. The maximum atomic E-state index is 11.4. The number of hydrogen-bond donors (Lipinski definition) is 3. The molecular formula is C12H20N2O2S. The van der Waals surface area contributed by atoms with Crippen molar-refractivity contribution in [2.24, 2.45) is 0 Å². The third-order valence-electron chi connectivity index (χ3n) is 2.57. The van der Waals surface area contributed by atoms with Gasteiger partial charge in [-0.05, 0) is 35.7 Å². The van der Waals surface area contributed by atoms with Crippen LogP contribution in [0.1, 0.15) is 31.9 Å². The van der Waals surface area contributed by atoms with E-state index in [1.165, 1.54) is 0 Å². The van der Waals surface area contributed by atoms with E-state index in [2.05, 4.69) is 10.6 Å². The molecule has 0 saturated carbocycles. The Labute approximate surface area is 106 Å². The van der Waals surface area contributed by atoms with Gasteiger partial charge in [-0.2, -0.15) is 11.3 Å².